The quantitative estimate of drug-likeness (QED) is 0.547. The third-order valence-corrected chi connectivity index (χ3v) is 8.76. The first-order valence-corrected chi connectivity index (χ1v) is 12.7. The number of hydrogen-bond donors (Lipinski definition) is 1. The predicted octanol–water partition coefficient (Wildman–Crippen LogP) is 4.75. The molecule has 0 radical (unpaired) electrons. The number of rotatable bonds is 6. The summed E-state index contributed by atoms with van der Waals surface area (Å²) in [5.41, 5.74) is -0.245. The summed E-state index contributed by atoms with van der Waals surface area (Å²) >= 11 is 2.68. The summed E-state index contributed by atoms with van der Waals surface area (Å²) in [4.78, 5) is -0.371. The molecule has 0 fully saturated rings. The van der Waals surface area contributed by atoms with Gasteiger partial charge in [0.15, 0.2) is 14.4 Å². The number of nitrogens with one attached hydrogen (secondary N) is 1. The first kappa shape index (κ1) is 22.4. The van der Waals surface area contributed by atoms with Crippen LogP contribution in [0.25, 0.3) is 0 Å². The highest BCUT2D eigenvalue weighted by atomic mass is 79.9. The van der Waals surface area contributed by atoms with Gasteiger partial charge in [0.05, 0.1) is 24.9 Å². The van der Waals surface area contributed by atoms with E-state index >= 15 is 11.7 Å². The highest BCUT2D eigenvalue weighted by molar-refractivity contribution is 9.18. The van der Waals surface area contributed by atoms with Crippen molar-refractivity contribution in [3.05, 3.63) is 54.1 Å². The Balaban J connectivity index is 2.16. The molecule has 30 heavy (non-hydrogen) atoms. The third kappa shape index (κ3) is 4.14. The second-order valence-electron chi connectivity index (χ2n) is 6.32. The normalized spacial score (nSPS) is 22.6. The highest BCUT2D eigenvalue weighted by Gasteiger charge is 2.71. The Morgan fingerprint density at radius 2 is 1.77 bits per heavy atom. The van der Waals surface area contributed by atoms with Crippen molar-refractivity contribution in [3.63, 3.8) is 0 Å². The van der Waals surface area contributed by atoms with Crippen molar-refractivity contribution in [1.82, 2.24) is 5.32 Å². The van der Waals surface area contributed by atoms with Gasteiger partial charge < -0.3 is 14.8 Å². The van der Waals surface area contributed by atoms with E-state index in [9.17, 15) is 8.42 Å². The molecule has 0 saturated carbocycles. The summed E-state index contributed by atoms with van der Waals surface area (Å²) in [6.07, 6.45) is 0. The minimum atomic E-state index is -8.11. The topological polar surface area (TPSA) is 89.4 Å². The number of amidine groups is 2. The summed E-state index contributed by atoms with van der Waals surface area (Å²) in [5, 5.41) is 0.254. The van der Waals surface area contributed by atoms with Crippen LogP contribution in [0.4, 0.5) is 11.7 Å². The van der Waals surface area contributed by atoms with Crippen LogP contribution in [0.1, 0.15) is 5.56 Å². The first-order valence-electron chi connectivity index (χ1n) is 8.22. The van der Waals surface area contributed by atoms with Crippen LogP contribution in [-0.2, 0) is 15.8 Å². The molecule has 7 nitrogen and oxygen atoms in total. The monoisotopic (exact) mass is 527 g/mol. The molecule has 0 saturated heterocycles. The molecule has 0 bridgehead atoms. The van der Waals surface area contributed by atoms with Gasteiger partial charge in [0, 0.05) is 11.6 Å². The van der Waals surface area contributed by atoms with E-state index in [2.05, 4.69) is 24.7 Å². The fourth-order valence-electron chi connectivity index (χ4n) is 2.72. The minimum Gasteiger partial charge on any atom is -0.497 e. The van der Waals surface area contributed by atoms with Gasteiger partial charge in [0.1, 0.15) is 11.5 Å². The highest BCUT2D eigenvalue weighted by Crippen LogP contribution is 2.99. The van der Waals surface area contributed by atoms with E-state index in [1.807, 2.05) is 5.32 Å². The van der Waals surface area contributed by atoms with Gasteiger partial charge in [-0.1, -0.05) is 24.3 Å². The lowest BCUT2D eigenvalue weighted by Gasteiger charge is -2.50. The Morgan fingerprint density at radius 3 is 2.37 bits per heavy atom. The van der Waals surface area contributed by atoms with E-state index in [1.165, 1.54) is 50.6 Å². The molecule has 2 aromatic rings. The van der Waals surface area contributed by atoms with Crippen LogP contribution in [0, 0.1) is 0 Å². The van der Waals surface area contributed by atoms with Gasteiger partial charge in [0.2, 0.25) is 5.17 Å². The summed E-state index contributed by atoms with van der Waals surface area (Å²) in [6, 6.07) is 10.5. The predicted molar refractivity (Wildman–Crippen MR) is 115 cm³/mol. The van der Waals surface area contributed by atoms with E-state index in [4.69, 9.17) is 9.47 Å². The van der Waals surface area contributed by atoms with Crippen LogP contribution in [0.3, 0.4) is 0 Å². The third-order valence-electron chi connectivity index (χ3n) is 4.14. The molecule has 2 aromatic carbocycles. The van der Waals surface area contributed by atoms with Gasteiger partial charge in [-0.05, 0) is 34.1 Å². The number of halogens is 4. The number of sulfonamides is 1. The lowest BCUT2D eigenvalue weighted by molar-refractivity contribution is 0.391. The molecular formula is C17H17BrF3N3O4S2. The van der Waals surface area contributed by atoms with Crippen molar-refractivity contribution < 1.29 is 29.5 Å². The molecule has 0 unspecified atom stereocenters. The van der Waals surface area contributed by atoms with Crippen LogP contribution < -0.4 is 14.8 Å². The van der Waals surface area contributed by atoms with Gasteiger partial charge >= 0.3 is 0 Å². The number of ether oxygens (including phenoxy) is 2. The maximum atomic E-state index is 15.9. The molecule has 0 aliphatic carbocycles. The summed E-state index contributed by atoms with van der Waals surface area (Å²) < 4.78 is 88.0. The largest absolute Gasteiger partial charge is 0.497 e. The van der Waals surface area contributed by atoms with Crippen molar-refractivity contribution >= 4 is 45.5 Å². The lowest BCUT2D eigenvalue weighted by atomic mass is 10.2. The van der Waals surface area contributed by atoms with Crippen molar-refractivity contribution in [2.75, 3.05) is 14.2 Å². The zero-order chi connectivity index (χ0) is 22.3. The maximum absolute atomic E-state index is 15.9. The van der Waals surface area contributed by atoms with E-state index < -0.39 is 35.3 Å². The fraction of sp³-hybridized carbons (Fsp3) is 0.176. The Labute approximate surface area is 179 Å². The van der Waals surface area contributed by atoms with Gasteiger partial charge in [-0.2, -0.15) is 8.42 Å². The van der Waals surface area contributed by atoms with E-state index in [-0.39, 0.29) is 16.2 Å². The molecule has 3 rings (SSSR count). The summed E-state index contributed by atoms with van der Waals surface area (Å²) in [6.45, 7) is 0. The Hall–Kier alpha value is -2.25. The molecule has 0 aromatic heterocycles. The molecule has 13 heteroatoms. The van der Waals surface area contributed by atoms with Crippen LogP contribution in [0.15, 0.2) is 62.2 Å². The molecule has 1 N–H and O–H groups in total. The Kier molecular flexibility index (Phi) is 5.15. The molecule has 1 aliphatic heterocycles. The smallest absolute Gasteiger partial charge is 0.284 e. The number of nitrogens with zero attached hydrogens (tertiary/aromatic N) is 2. The second kappa shape index (κ2) is 6.89. The van der Waals surface area contributed by atoms with Gasteiger partial charge in [-0.25, -0.2) is 0 Å². The first-order chi connectivity index (χ1) is 13.8. The van der Waals surface area contributed by atoms with Crippen LogP contribution in [-0.4, -0.2) is 32.5 Å². The molecular weight excluding hydrogens is 511 g/mol. The van der Waals surface area contributed by atoms with Crippen molar-refractivity contribution in [1.29, 1.82) is 0 Å². The van der Waals surface area contributed by atoms with Crippen molar-refractivity contribution in [2.45, 2.75) is 10.6 Å². The van der Waals surface area contributed by atoms with E-state index in [0.717, 1.165) is 12.1 Å². The molecule has 164 valence electrons. The SMILES string of the molecule is COc1ccc(CS2(F)(F)(F)N=C(Br)N/C2=N\S(=O)(=O)c2ccccc2)c(OC)c1. The Bertz CT molecular complexity index is 1180. The average molecular weight is 528 g/mol. The molecule has 0 spiro atoms. The molecule has 1 heterocycles. The maximum Gasteiger partial charge on any atom is 0.284 e. The van der Waals surface area contributed by atoms with Gasteiger partial charge in [-0.15, -0.1) is 20.5 Å². The molecule has 1 aliphatic rings. The summed E-state index contributed by atoms with van der Waals surface area (Å²) in [5.74, 6) is -1.35. The van der Waals surface area contributed by atoms with Gasteiger partial charge in [0.25, 0.3) is 10.0 Å². The summed E-state index contributed by atoms with van der Waals surface area (Å²) in [7, 11) is -10.2. The number of benzene rings is 2. The number of methoxy groups -OCH3 is 2. The standard InChI is InChI=1S/C17H17BrF3N3O4S2/c1-27-13-9-8-12(15(10-13)28-2)11-30(19,20,21)17(22-16(18)24-30)23-29(25,26)14-6-4-3-5-7-14/h3-10H,11H2,1-2H3,(H,22,23,24). The zero-order valence-electron chi connectivity index (χ0n) is 15.7. The van der Waals surface area contributed by atoms with Crippen LogP contribution in [0.5, 0.6) is 11.5 Å². The molecule has 0 atom stereocenters. The zero-order valence-corrected chi connectivity index (χ0v) is 18.9. The average Bonchev–Trinajstić information content (AvgIpc) is 2.87. The van der Waals surface area contributed by atoms with Crippen molar-refractivity contribution in [2.24, 2.45) is 8.80 Å². The Morgan fingerprint density at radius 1 is 1.10 bits per heavy atom. The lowest BCUT2D eigenvalue weighted by Crippen LogP contribution is -2.35. The molecule has 0 amide bonds. The van der Waals surface area contributed by atoms with Crippen LogP contribution in [0.2, 0.25) is 0 Å². The van der Waals surface area contributed by atoms with Gasteiger partial charge in [-0.3, -0.25) is 0 Å². The fourth-order valence-corrected chi connectivity index (χ4v) is 7.82. The second-order valence-corrected chi connectivity index (χ2v) is 12.1. The van der Waals surface area contributed by atoms with Crippen molar-refractivity contribution in [3.8, 4) is 11.5 Å². The number of hydrogen-bond acceptors (Lipinski definition) is 5. The van der Waals surface area contributed by atoms with E-state index in [0.29, 0.717) is 5.75 Å². The van der Waals surface area contributed by atoms with Crippen LogP contribution >= 0.6 is 25.6 Å². The minimum absolute atomic E-state index is 0.0780. The van der Waals surface area contributed by atoms with E-state index in [1.54, 1.807) is 0 Å².